The van der Waals surface area contributed by atoms with E-state index in [9.17, 15) is 0 Å². The third-order valence-corrected chi connectivity index (χ3v) is 3.13. The average Bonchev–Trinajstić information content (AvgIpc) is 2.47. The molecule has 0 saturated heterocycles. The number of aromatic nitrogens is 2. The summed E-state index contributed by atoms with van der Waals surface area (Å²) in [5, 5.41) is 7.08. The van der Waals surface area contributed by atoms with E-state index in [0.717, 1.165) is 17.1 Å². The fourth-order valence-electron chi connectivity index (χ4n) is 1.81. The zero-order valence-corrected chi connectivity index (χ0v) is 12.2. The van der Waals surface area contributed by atoms with Gasteiger partial charge in [-0.2, -0.15) is 0 Å². The van der Waals surface area contributed by atoms with Crippen molar-refractivity contribution in [2.24, 2.45) is 0 Å². The first-order chi connectivity index (χ1) is 9.76. The highest BCUT2D eigenvalue weighted by Crippen LogP contribution is 2.29. The van der Waals surface area contributed by atoms with Gasteiger partial charge in [0.1, 0.15) is 6.33 Å². The number of nitrogens with zero attached hydrogens (tertiary/aromatic N) is 2. The molecule has 0 bridgehead atoms. The summed E-state index contributed by atoms with van der Waals surface area (Å²) in [6.07, 6.45) is 1.50. The number of nitrogens with one attached hydrogen (secondary N) is 2. The minimum Gasteiger partial charge on any atom is -0.490 e. The standard InChI is InChI=1S/C14H17ClN4O/c1-3-16-13-12(20-2)14(19-9-18-13)17-8-10-6-4-5-7-11(10)15/h4-7,9H,3,8H2,1-2H3,(H2,16,17,18,19). The Bertz CT molecular complexity index is 577. The summed E-state index contributed by atoms with van der Waals surface area (Å²) in [4.78, 5) is 8.37. The molecule has 0 radical (unpaired) electrons. The lowest BCUT2D eigenvalue weighted by molar-refractivity contribution is 0.414. The van der Waals surface area contributed by atoms with Gasteiger partial charge in [-0.3, -0.25) is 0 Å². The molecule has 1 heterocycles. The number of benzene rings is 1. The van der Waals surface area contributed by atoms with E-state index in [2.05, 4.69) is 20.6 Å². The number of hydrogen-bond acceptors (Lipinski definition) is 5. The Labute approximate surface area is 123 Å². The van der Waals surface area contributed by atoms with Crippen LogP contribution in [-0.4, -0.2) is 23.6 Å². The Hall–Kier alpha value is -2.01. The normalized spacial score (nSPS) is 10.2. The summed E-state index contributed by atoms with van der Waals surface area (Å²) in [6, 6.07) is 7.68. The van der Waals surface area contributed by atoms with Crippen LogP contribution in [0.1, 0.15) is 12.5 Å². The quantitative estimate of drug-likeness (QED) is 0.856. The summed E-state index contributed by atoms with van der Waals surface area (Å²) < 4.78 is 5.36. The van der Waals surface area contributed by atoms with Crippen molar-refractivity contribution in [1.82, 2.24) is 9.97 Å². The maximum atomic E-state index is 6.13. The van der Waals surface area contributed by atoms with Gasteiger partial charge in [-0.05, 0) is 18.6 Å². The molecule has 6 heteroatoms. The number of rotatable bonds is 6. The lowest BCUT2D eigenvalue weighted by atomic mass is 10.2. The Kier molecular flexibility index (Phi) is 5.01. The van der Waals surface area contributed by atoms with Gasteiger partial charge < -0.3 is 15.4 Å². The van der Waals surface area contributed by atoms with Crippen molar-refractivity contribution in [3.05, 3.63) is 41.2 Å². The van der Waals surface area contributed by atoms with Gasteiger partial charge in [0.25, 0.3) is 0 Å². The molecule has 0 aliphatic carbocycles. The van der Waals surface area contributed by atoms with E-state index < -0.39 is 0 Å². The Morgan fingerprint density at radius 2 is 1.85 bits per heavy atom. The van der Waals surface area contributed by atoms with Crippen molar-refractivity contribution >= 4 is 23.2 Å². The molecule has 1 aromatic heterocycles. The highest BCUT2D eigenvalue weighted by Gasteiger charge is 2.11. The molecule has 20 heavy (non-hydrogen) atoms. The molecule has 0 amide bonds. The van der Waals surface area contributed by atoms with Gasteiger partial charge in [0.15, 0.2) is 11.6 Å². The molecule has 0 atom stereocenters. The number of halogens is 1. The van der Waals surface area contributed by atoms with Crippen molar-refractivity contribution in [3.63, 3.8) is 0 Å². The molecule has 106 valence electrons. The van der Waals surface area contributed by atoms with E-state index in [1.165, 1.54) is 6.33 Å². The van der Waals surface area contributed by atoms with Crippen LogP contribution in [0, 0.1) is 0 Å². The number of hydrogen-bond donors (Lipinski definition) is 2. The summed E-state index contributed by atoms with van der Waals surface area (Å²) in [5.74, 6) is 1.91. The molecule has 2 N–H and O–H groups in total. The monoisotopic (exact) mass is 292 g/mol. The fourth-order valence-corrected chi connectivity index (χ4v) is 2.01. The Morgan fingerprint density at radius 3 is 2.50 bits per heavy atom. The molecule has 0 spiro atoms. The molecule has 0 saturated carbocycles. The van der Waals surface area contributed by atoms with Gasteiger partial charge >= 0.3 is 0 Å². The van der Waals surface area contributed by atoms with Crippen molar-refractivity contribution in [2.45, 2.75) is 13.5 Å². The van der Waals surface area contributed by atoms with E-state index in [1.807, 2.05) is 31.2 Å². The number of anilines is 2. The van der Waals surface area contributed by atoms with Crippen LogP contribution in [-0.2, 0) is 6.54 Å². The minimum absolute atomic E-state index is 0.568. The highest BCUT2D eigenvalue weighted by molar-refractivity contribution is 6.31. The van der Waals surface area contributed by atoms with Crippen LogP contribution in [0.25, 0.3) is 0 Å². The van der Waals surface area contributed by atoms with Gasteiger partial charge in [0.2, 0.25) is 5.75 Å². The van der Waals surface area contributed by atoms with Crippen molar-refractivity contribution in [3.8, 4) is 5.75 Å². The maximum absolute atomic E-state index is 6.13. The maximum Gasteiger partial charge on any atom is 0.204 e. The molecule has 0 aliphatic heterocycles. The average molecular weight is 293 g/mol. The molecule has 5 nitrogen and oxygen atoms in total. The first-order valence-electron chi connectivity index (χ1n) is 6.36. The van der Waals surface area contributed by atoms with E-state index >= 15 is 0 Å². The van der Waals surface area contributed by atoms with Crippen LogP contribution in [0.2, 0.25) is 5.02 Å². The van der Waals surface area contributed by atoms with Crippen molar-refractivity contribution in [1.29, 1.82) is 0 Å². The molecule has 2 aromatic rings. The summed E-state index contributed by atoms with van der Waals surface area (Å²) in [6.45, 7) is 3.33. The van der Waals surface area contributed by atoms with Gasteiger partial charge in [-0.25, -0.2) is 9.97 Å². The summed E-state index contributed by atoms with van der Waals surface area (Å²) in [7, 11) is 1.60. The lowest BCUT2D eigenvalue weighted by Gasteiger charge is -2.13. The lowest BCUT2D eigenvalue weighted by Crippen LogP contribution is -2.08. The highest BCUT2D eigenvalue weighted by atomic mass is 35.5. The molecule has 0 unspecified atom stereocenters. The van der Waals surface area contributed by atoms with Crippen LogP contribution in [0.15, 0.2) is 30.6 Å². The molecular weight excluding hydrogens is 276 g/mol. The number of methoxy groups -OCH3 is 1. The van der Waals surface area contributed by atoms with Gasteiger partial charge in [0, 0.05) is 18.1 Å². The van der Waals surface area contributed by atoms with Gasteiger partial charge in [0.05, 0.1) is 7.11 Å². The van der Waals surface area contributed by atoms with Crippen molar-refractivity contribution < 1.29 is 4.74 Å². The largest absolute Gasteiger partial charge is 0.490 e. The summed E-state index contributed by atoms with van der Waals surface area (Å²) >= 11 is 6.13. The topological polar surface area (TPSA) is 59.1 Å². The van der Waals surface area contributed by atoms with E-state index in [-0.39, 0.29) is 0 Å². The molecule has 1 aromatic carbocycles. The molecular formula is C14H17ClN4O. The third-order valence-electron chi connectivity index (χ3n) is 2.76. The summed E-state index contributed by atoms with van der Waals surface area (Å²) in [5.41, 5.74) is 1.000. The van der Waals surface area contributed by atoms with Crippen LogP contribution >= 0.6 is 11.6 Å². The second kappa shape index (κ2) is 6.96. The van der Waals surface area contributed by atoms with E-state index in [0.29, 0.717) is 23.9 Å². The molecule has 2 rings (SSSR count). The molecule has 0 fully saturated rings. The number of ether oxygens (including phenoxy) is 1. The van der Waals surface area contributed by atoms with E-state index in [1.54, 1.807) is 7.11 Å². The SMILES string of the molecule is CCNc1ncnc(NCc2ccccc2Cl)c1OC. The smallest absolute Gasteiger partial charge is 0.204 e. The van der Waals surface area contributed by atoms with Crippen LogP contribution in [0.5, 0.6) is 5.75 Å². The Morgan fingerprint density at radius 1 is 1.15 bits per heavy atom. The third kappa shape index (κ3) is 3.30. The predicted octanol–water partition coefficient (Wildman–Crippen LogP) is 3.18. The zero-order valence-electron chi connectivity index (χ0n) is 11.5. The molecule has 0 aliphatic rings. The van der Waals surface area contributed by atoms with Gasteiger partial charge in [-0.15, -0.1) is 0 Å². The second-order valence-electron chi connectivity index (χ2n) is 4.08. The fraction of sp³-hybridized carbons (Fsp3) is 0.286. The van der Waals surface area contributed by atoms with E-state index in [4.69, 9.17) is 16.3 Å². The second-order valence-corrected chi connectivity index (χ2v) is 4.49. The predicted molar refractivity (Wildman–Crippen MR) is 81.5 cm³/mol. The minimum atomic E-state index is 0.568. The van der Waals surface area contributed by atoms with Crippen LogP contribution in [0.4, 0.5) is 11.6 Å². The Balaban J connectivity index is 2.17. The first kappa shape index (κ1) is 14.4. The first-order valence-corrected chi connectivity index (χ1v) is 6.74. The zero-order chi connectivity index (χ0) is 14.4. The van der Waals surface area contributed by atoms with Crippen molar-refractivity contribution in [2.75, 3.05) is 24.3 Å². The van der Waals surface area contributed by atoms with Crippen LogP contribution in [0.3, 0.4) is 0 Å². The van der Waals surface area contributed by atoms with Crippen LogP contribution < -0.4 is 15.4 Å². The van der Waals surface area contributed by atoms with Gasteiger partial charge in [-0.1, -0.05) is 29.8 Å².